The molecule has 1 atom stereocenters. The van der Waals surface area contributed by atoms with Crippen LogP contribution in [0.3, 0.4) is 0 Å². The first kappa shape index (κ1) is 14.9. The molecule has 0 heterocycles. The minimum atomic E-state index is 0.322. The largest absolute Gasteiger partial charge is 0.396 e. The zero-order chi connectivity index (χ0) is 11.4. The van der Waals surface area contributed by atoms with Crippen LogP contribution < -0.4 is 5.32 Å². The van der Waals surface area contributed by atoms with Crippen molar-refractivity contribution < 1.29 is 5.11 Å². The summed E-state index contributed by atoms with van der Waals surface area (Å²) in [5, 5.41) is 12.2. The molecule has 2 nitrogen and oxygen atoms in total. The highest BCUT2D eigenvalue weighted by Gasteiger charge is 1.99. The molecule has 92 valence electrons. The van der Waals surface area contributed by atoms with Gasteiger partial charge in [0.15, 0.2) is 0 Å². The highest BCUT2D eigenvalue weighted by atomic mass is 16.2. The van der Waals surface area contributed by atoms with E-state index in [1.54, 1.807) is 0 Å². The molecule has 0 bridgehead atoms. The molecule has 0 aromatic heterocycles. The summed E-state index contributed by atoms with van der Waals surface area (Å²) in [5.41, 5.74) is 0. The molecule has 0 unspecified atom stereocenters. The lowest BCUT2D eigenvalue weighted by atomic mass is 10.1. The fourth-order valence-corrected chi connectivity index (χ4v) is 1.75. The summed E-state index contributed by atoms with van der Waals surface area (Å²) in [4.78, 5) is 0. The average Bonchev–Trinajstić information content (AvgIpc) is 2.25. The molecule has 2 heteroatoms. The van der Waals surface area contributed by atoms with Crippen LogP contribution in [0.4, 0.5) is 0 Å². The number of aliphatic hydroxyl groups excluding tert-OH is 1. The van der Waals surface area contributed by atoms with Crippen LogP contribution in [0.1, 0.15) is 65.2 Å². The smallest absolute Gasteiger partial charge is 0.0431 e. The van der Waals surface area contributed by atoms with E-state index in [-0.39, 0.29) is 0 Å². The first-order valence-electron chi connectivity index (χ1n) is 6.65. The predicted octanol–water partition coefficient (Wildman–Crippen LogP) is 3.10. The van der Waals surface area contributed by atoms with Crippen molar-refractivity contribution in [1.82, 2.24) is 5.32 Å². The molecular formula is C13H29NO. The Kier molecular flexibility index (Phi) is 11.9. The Morgan fingerprint density at radius 1 is 1.00 bits per heavy atom. The monoisotopic (exact) mass is 215 g/mol. The highest BCUT2D eigenvalue weighted by molar-refractivity contribution is 4.60. The number of rotatable bonds is 11. The predicted molar refractivity (Wildman–Crippen MR) is 67.2 cm³/mol. The number of aliphatic hydroxyl groups is 1. The van der Waals surface area contributed by atoms with E-state index in [9.17, 15) is 0 Å². The van der Waals surface area contributed by atoms with Crippen molar-refractivity contribution in [3.05, 3.63) is 0 Å². The fourth-order valence-electron chi connectivity index (χ4n) is 1.75. The summed E-state index contributed by atoms with van der Waals surface area (Å²) in [7, 11) is 0. The standard InChI is InChI=1S/C13H29NO/c1-3-4-5-6-7-8-11-14-13(2)10-9-12-15/h13-15H,3-12H2,1-2H3/t13-/m0/s1. The Bertz CT molecular complexity index is 117. The maximum Gasteiger partial charge on any atom is 0.0431 e. The minimum Gasteiger partial charge on any atom is -0.396 e. The van der Waals surface area contributed by atoms with Crippen molar-refractivity contribution in [3.63, 3.8) is 0 Å². The molecule has 0 aromatic rings. The van der Waals surface area contributed by atoms with Crippen molar-refractivity contribution in [2.45, 2.75) is 71.3 Å². The summed E-state index contributed by atoms with van der Waals surface area (Å²) < 4.78 is 0. The van der Waals surface area contributed by atoms with Gasteiger partial charge in [-0.15, -0.1) is 0 Å². The lowest BCUT2D eigenvalue weighted by Gasteiger charge is -2.12. The van der Waals surface area contributed by atoms with Crippen LogP contribution in [-0.4, -0.2) is 24.3 Å². The summed E-state index contributed by atoms with van der Waals surface area (Å²) in [6.07, 6.45) is 10.2. The fraction of sp³-hybridized carbons (Fsp3) is 1.00. The Hall–Kier alpha value is -0.0800. The van der Waals surface area contributed by atoms with Crippen molar-refractivity contribution in [1.29, 1.82) is 0 Å². The summed E-state index contributed by atoms with van der Waals surface area (Å²) in [5.74, 6) is 0. The normalized spacial score (nSPS) is 13.0. The summed E-state index contributed by atoms with van der Waals surface area (Å²) >= 11 is 0. The van der Waals surface area contributed by atoms with Gasteiger partial charge in [-0.05, 0) is 32.7 Å². The summed E-state index contributed by atoms with van der Waals surface area (Å²) in [6.45, 7) is 5.92. The number of hydrogen-bond donors (Lipinski definition) is 2. The third-order valence-electron chi connectivity index (χ3n) is 2.82. The minimum absolute atomic E-state index is 0.322. The van der Waals surface area contributed by atoms with Gasteiger partial charge in [0.05, 0.1) is 0 Å². The van der Waals surface area contributed by atoms with Crippen LogP contribution in [0.5, 0.6) is 0 Å². The van der Waals surface area contributed by atoms with Crippen LogP contribution in [0, 0.1) is 0 Å². The lowest BCUT2D eigenvalue weighted by molar-refractivity contribution is 0.276. The molecule has 0 radical (unpaired) electrons. The lowest BCUT2D eigenvalue weighted by Crippen LogP contribution is -2.27. The number of nitrogens with one attached hydrogen (secondary N) is 1. The first-order valence-corrected chi connectivity index (χ1v) is 6.65. The maximum atomic E-state index is 8.68. The quantitative estimate of drug-likeness (QED) is 0.519. The van der Waals surface area contributed by atoms with Gasteiger partial charge >= 0.3 is 0 Å². The Morgan fingerprint density at radius 2 is 1.67 bits per heavy atom. The maximum absolute atomic E-state index is 8.68. The molecule has 0 saturated heterocycles. The van der Waals surface area contributed by atoms with Crippen molar-refractivity contribution in [2.24, 2.45) is 0 Å². The van der Waals surface area contributed by atoms with Gasteiger partial charge in [0.1, 0.15) is 0 Å². The Labute approximate surface area is 95.5 Å². The van der Waals surface area contributed by atoms with Crippen LogP contribution in [0.25, 0.3) is 0 Å². The molecule has 0 amide bonds. The van der Waals surface area contributed by atoms with Gasteiger partial charge < -0.3 is 10.4 Å². The molecule has 15 heavy (non-hydrogen) atoms. The average molecular weight is 215 g/mol. The topological polar surface area (TPSA) is 32.3 Å². The SMILES string of the molecule is CCCCCCCCN[C@@H](C)CCCO. The zero-order valence-corrected chi connectivity index (χ0v) is 10.6. The number of unbranched alkanes of at least 4 members (excludes halogenated alkanes) is 5. The van der Waals surface area contributed by atoms with Crippen LogP contribution >= 0.6 is 0 Å². The van der Waals surface area contributed by atoms with Crippen molar-refractivity contribution >= 4 is 0 Å². The molecule has 2 N–H and O–H groups in total. The van der Waals surface area contributed by atoms with Crippen LogP contribution in [0.2, 0.25) is 0 Å². The zero-order valence-electron chi connectivity index (χ0n) is 10.6. The molecule has 0 aromatic carbocycles. The van der Waals surface area contributed by atoms with E-state index in [0.717, 1.165) is 19.4 Å². The van der Waals surface area contributed by atoms with Gasteiger partial charge in [-0.3, -0.25) is 0 Å². The Morgan fingerprint density at radius 3 is 2.33 bits per heavy atom. The van der Waals surface area contributed by atoms with Crippen LogP contribution in [0.15, 0.2) is 0 Å². The summed E-state index contributed by atoms with van der Waals surface area (Å²) in [6, 6.07) is 0.563. The van der Waals surface area contributed by atoms with E-state index >= 15 is 0 Å². The second-order valence-electron chi connectivity index (χ2n) is 4.49. The van der Waals surface area contributed by atoms with E-state index in [0.29, 0.717) is 12.6 Å². The highest BCUT2D eigenvalue weighted by Crippen LogP contribution is 2.04. The van der Waals surface area contributed by atoms with E-state index < -0.39 is 0 Å². The van der Waals surface area contributed by atoms with Crippen molar-refractivity contribution in [3.8, 4) is 0 Å². The molecule has 0 fully saturated rings. The van der Waals surface area contributed by atoms with E-state index in [1.165, 1.54) is 38.5 Å². The van der Waals surface area contributed by atoms with E-state index in [1.807, 2.05) is 0 Å². The first-order chi connectivity index (χ1) is 7.31. The third kappa shape index (κ3) is 11.8. The van der Waals surface area contributed by atoms with E-state index in [4.69, 9.17) is 5.11 Å². The van der Waals surface area contributed by atoms with Gasteiger partial charge in [0, 0.05) is 12.6 Å². The molecule has 0 saturated carbocycles. The van der Waals surface area contributed by atoms with Gasteiger partial charge in [0.2, 0.25) is 0 Å². The second-order valence-corrected chi connectivity index (χ2v) is 4.49. The second kappa shape index (κ2) is 12.0. The number of hydrogen-bond acceptors (Lipinski definition) is 2. The van der Waals surface area contributed by atoms with Gasteiger partial charge in [-0.25, -0.2) is 0 Å². The van der Waals surface area contributed by atoms with Gasteiger partial charge in [-0.2, -0.15) is 0 Å². The van der Waals surface area contributed by atoms with Crippen molar-refractivity contribution in [2.75, 3.05) is 13.2 Å². The molecule has 0 aliphatic rings. The molecule has 0 spiro atoms. The Balaban J connectivity index is 3.02. The van der Waals surface area contributed by atoms with E-state index in [2.05, 4.69) is 19.2 Å². The molecular weight excluding hydrogens is 186 g/mol. The third-order valence-corrected chi connectivity index (χ3v) is 2.82. The molecule has 0 rings (SSSR count). The van der Waals surface area contributed by atoms with Gasteiger partial charge in [-0.1, -0.05) is 39.0 Å². The molecule has 0 aliphatic carbocycles. The van der Waals surface area contributed by atoms with Crippen LogP contribution in [-0.2, 0) is 0 Å². The van der Waals surface area contributed by atoms with Gasteiger partial charge in [0.25, 0.3) is 0 Å². The molecule has 0 aliphatic heterocycles.